The highest BCUT2D eigenvalue weighted by molar-refractivity contribution is 6.04. The summed E-state index contributed by atoms with van der Waals surface area (Å²) in [5.41, 5.74) is 5.33. The molecule has 1 saturated heterocycles. The molecular weight excluding hydrogens is 382 g/mol. The van der Waals surface area contributed by atoms with Gasteiger partial charge in [0.15, 0.2) is 0 Å². The van der Waals surface area contributed by atoms with Gasteiger partial charge < -0.3 is 10.2 Å². The van der Waals surface area contributed by atoms with E-state index in [4.69, 9.17) is 0 Å². The summed E-state index contributed by atoms with van der Waals surface area (Å²) in [4.78, 5) is 17.5. The van der Waals surface area contributed by atoms with Crippen LogP contribution in [0.4, 0.5) is 11.4 Å². The lowest BCUT2D eigenvalue weighted by Crippen LogP contribution is -2.45. The molecule has 1 fully saturated rings. The molecule has 0 unspecified atom stereocenters. The van der Waals surface area contributed by atoms with E-state index in [9.17, 15) is 4.79 Å². The first kappa shape index (κ1) is 21.1. The Morgan fingerprint density at radius 1 is 0.839 bits per heavy atom. The van der Waals surface area contributed by atoms with Crippen LogP contribution in [0.15, 0.2) is 78.9 Å². The molecule has 0 radical (unpaired) electrons. The minimum atomic E-state index is -0.0691. The van der Waals surface area contributed by atoms with E-state index in [1.165, 1.54) is 16.8 Å². The van der Waals surface area contributed by atoms with Crippen molar-refractivity contribution in [3.8, 4) is 0 Å². The first-order valence-corrected chi connectivity index (χ1v) is 11.1. The van der Waals surface area contributed by atoms with Gasteiger partial charge in [-0.2, -0.15) is 0 Å². The number of carbonyl (C=O) groups is 1. The fraction of sp³-hybridized carbons (Fsp3) is 0.296. The molecule has 0 aromatic heterocycles. The Hall–Kier alpha value is -3.11. The average molecular weight is 414 g/mol. The molecule has 1 aliphatic rings. The fourth-order valence-electron chi connectivity index (χ4n) is 3.98. The third-order valence-corrected chi connectivity index (χ3v) is 5.95. The van der Waals surface area contributed by atoms with E-state index in [0.717, 1.165) is 38.4 Å². The Morgan fingerprint density at radius 3 is 2.10 bits per heavy atom. The van der Waals surface area contributed by atoms with E-state index < -0.39 is 0 Å². The number of hydrogen-bond donors (Lipinski definition) is 1. The monoisotopic (exact) mass is 413 g/mol. The fourth-order valence-corrected chi connectivity index (χ4v) is 3.98. The number of nitrogens with zero attached hydrogens (tertiary/aromatic N) is 2. The van der Waals surface area contributed by atoms with Gasteiger partial charge in [-0.1, -0.05) is 56.3 Å². The lowest BCUT2D eigenvalue weighted by Gasteiger charge is -2.36. The molecule has 160 valence electrons. The van der Waals surface area contributed by atoms with E-state index in [-0.39, 0.29) is 5.91 Å². The summed E-state index contributed by atoms with van der Waals surface area (Å²) in [5.74, 6) is 0.416. The predicted octanol–water partition coefficient (Wildman–Crippen LogP) is 5.38. The lowest BCUT2D eigenvalue weighted by molar-refractivity contribution is 0.102. The first-order valence-electron chi connectivity index (χ1n) is 11.1. The molecule has 1 heterocycles. The van der Waals surface area contributed by atoms with Crippen molar-refractivity contribution in [1.82, 2.24) is 4.90 Å². The van der Waals surface area contributed by atoms with Crippen molar-refractivity contribution in [3.05, 3.63) is 95.6 Å². The largest absolute Gasteiger partial charge is 0.369 e. The van der Waals surface area contributed by atoms with E-state index in [1.54, 1.807) is 0 Å². The Balaban J connectivity index is 1.28. The lowest BCUT2D eigenvalue weighted by atomic mass is 10.0. The van der Waals surface area contributed by atoms with Crippen LogP contribution in [0.2, 0.25) is 0 Å². The van der Waals surface area contributed by atoms with Gasteiger partial charge in [0.05, 0.1) is 0 Å². The van der Waals surface area contributed by atoms with Gasteiger partial charge in [0.25, 0.3) is 5.91 Å². The number of amides is 1. The maximum absolute atomic E-state index is 12.6. The van der Waals surface area contributed by atoms with Crippen LogP contribution in [0.3, 0.4) is 0 Å². The molecule has 1 aliphatic heterocycles. The van der Waals surface area contributed by atoms with Crippen LogP contribution in [0, 0.1) is 0 Å². The molecule has 0 spiro atoms. The summed E-state index contributed by atoms with van der Waals surface area (Å²) in [6.45, 7) is 9.42. The summed E-state index contributed by atoms with van der Waals surface area (Å²) in [7, 11) is 0. The van der Waals surface area contributed by atoms with E-state index in [1.807, 2.05) is 24.3 Å². The van der Waals surface area contributed by atoms with E-state index in [2.05, 4.69) is 83.6 Å². The van der Waals surface area contributed by atoms with Gasteiger partial charge in [0.1, 0.15) is 0 Å². The van der Waals surface area contributed by atoms with E-state index >= 15 is 0 Å². The first-order chi connectivity index (χ1) is 15.1. The minimum Gasteiger partial charge on any atom is -0.369 e. The van der Waals surface area contributed by atoms with Crippen LogP contribution >= 0.6 is 0 Å². The summed E-state index contributed by atoms with van der Waals surface area (Å²) >= 11 is 0. The zero-order chi connectivity index (χ0) is 21.6. The van der Waals surface area contributed by atoms with Crippen molar-refractivity contribution in [2.45, 2.75) is 26.3 Å². The number of nitrogens with one attached hydrogen (secondary N) is 1. The molecule has 1 N–H and O–H groups in total. The number of hydrogen-bond acceptors (Lipinski definition) is 3. The Kier molecular flexibility index (Phi) is 6.68. The SMILES string of the molecule is CC(C)c1ccc(NC(=O)c2ccc(CN3CCN(c4ccccc4)CC3)cc2)cc1. The molecule has 0 bridgehead atoms. The van der Waals surface area contributed by atoms with Crippen LogP contribution in [0.5, 0.6) is 0 Å². The Labute approximate surface area is 185 Å². The summed E-state index contributed by atoms with van der Waals surface area (Å²) in [6, 6.07) is 26.7. The minimum absolute atomic E-state index is 0.0691. The van der Waals surface area contributed by atoms with Gasteiger partial charge in [0, 0.05) is 49.7 Å². The Morgan fingerprint density at radius 2 is 1.48 bits per heavy atom. The number of piperazine rings is 1. The predicted molar refractivity (Wildman–Crippen MR) is 129 cm³/mol. The van der Waals surface area contributed by atoms with Crippen molar-refractivity contribution in [2.24, 2.45) is 0 Å². The Bertz CT molecular complexity index is 973. The molecule has 4 rings (SSSR count). The molecule has 0 aliphatic carbocycles. The summed E-state index contributed by atoms with van der Waals surface area (Å²) in [6.07, 6.45) is 0. The van der Waals surface area contributed by atoms with Gasteiger partial charge in [-0.05, 0) is 53.4 Å². The van der Waals surface area contributed by atoms with Crippen LogP contribution in [-0.4, -0.2) is 37.0 Å². The molecule has 3 aromatic carbocycles. The van der Waals surface area contributed by atoms with Crippen molar-refractivity contribution in [3.63, 3.8) is 0 Å². The molecule has 0 saturated carbocycles. The van der Waals surface area contributed by atoms with Crippen molar-refractivity contribution >= 4 is 17.3 Å². The molecule has 0 atom stereocenters. The van der Waals surface area contributed by atoms with Crippen LogP contribution in [0.25, 0.3) is 0 Å². The number of carbonyl (C=O) groups excluding carboxylic acids is 1. The molecule has 1 amide bonds. The van der Waals surface area contributed by atoms with Gasteiger partial charge in [-0.15, -0.1) is 0 Å². The quantitative estimate of drug-likeness (QED) is 0.589. The normalized spacial score (nSPS) is 14.6. The second-order valence-corrected chi connectivity index (χ2v) is 8.53. The molecule has 31 heavy (non-hydrogen) atoms. The highest BCUT2D eigenvalue weighted by Crippen LogP contribution is 2.19. The maximum Gasteiger partial charge on any atom is 0.255 e. The maximum atomic E-state index is 12.6. The number of anilines is 2. The molecule has 3 aromatic rings. The molecule has 4 nitrogen and oxygen atoms in total. The van der Waals surface area contributed by atoms with Crippen molar-refractivity contribution in [2.75, 3.05) is 36.4 Å². The zero-order valence-electron chi connectivity index (χ0n) is 18.4. The third kappa shape index (κ3) is 5.53. The van der Waals surface area contributed by atoms with Gasteiger partial charge in [-0.25, -0.2) is 0 Å². The number of rotatable bonds is 6. The second-order valence-electron chi connectivity index (χ2n) is 8.53. The van der Waals surface area contributed by atoms with Crippen molar-refractivity contribution in [1.29, 1.82) is 0 Å². The topological polar surface area (TPSA) is 35.6 Å². The van der Waals surface area contributed by atoms with E-state index in [0.29, 0.717) is 11.5 Å². The smallest absolute Gasteiger partial charge is 0.255 e. The molecular formula is C27H31N3O. The van der Waals surface area contributed by atoms with Crippen LogP contribution in [-0.2, 0) is 6.54 Å². The highest BCUT2D eigenvalue weighted by atomic mass is 16.1. The van der Waals surface area contributed by atoms with Crippen LogP contribution in [0.1, 0.15) is 41.3 Å². The standard InChI is InChI=1S/C27H31N3O/c1-21(2)23-12-14-25(15-13-23)28-27(31)24-10-8-22(9-11-24)20-29-16-18-30(19-17-29)26-6-4-3-5-7-26/h3-15,21H,16-20H2,1-2H3,(H,28,31). The van der Waals surface area contributed by atoms with Gasteiger partial charge >= 0.3 is 0 Å². The molecule has 4 heteroatoms. The van der Waals surface area contributed by atoms with Crippen molar-refractivity contribution < 1.29 is 4.79 Å². The summed E-state index contributed by atoms with van der Waals surface area (Å²) in [5, 5.41) is 2.99. The highest BCUT2D eigenvalue weighted by Gasteiger charge is 2.17. The number of para-hydroxylation sites is 1. The summed E-state index contributed by atoms with van der Waals surface area (Å²) < 4.78 is 0. The zero-order valence-corrected chi connectivity index (χ0v) is 18.4. The van der Waals surface area contributed by atoms with Crippen LogP contribution < -0.4 is 10.2 Å². The second kappa shape index (κ2) is 9.80. The van der Waals surface area contributed by atoms with Gasteiger partial charge in [-0.3, -0.25) is 9.69 Å². The third-order valence-electron chi connectivity index (χ3n) is 5.95. The average Bonchev–Trinajstić information content (AvgIpc) is 2.81. The number of benzene rings is 3. The van der Waals surface area contributed by atoms with Gasteiger partial charge in [0.2, 0.25) is 0 Å².